The molecule has 1 saturated heterocycles. The van der Waals surface area contributed by atoms with E-state index in [0.717, 1.165) is 37.2 Å². The summed E-state index contributed by atoms with van der Waals surface area (Å²) in [4.78, 5) is 16.7. The first kappa shape index (κ1) is 13.0. The predicted molar refractivity (Wildman–Crippen MR) is 79.1 cm³/mol. The molecule has 1 aromatic heterocycles. The van der Waals surface area contributed by atoms with Crippen LogP contribution in [0.4, 0.5) is 0 Å². The number of H-pyrrole nitrogens is 1. The van der Waals surface area contributed by atoms with Crippen LogP contribution in [0.3, 0.4) is 0 Å². The summed E-state index contributed by atoms with van der Waals surface area (Å²) in [5, 5.41) is 1.24. The average molecular weight is 272 g/mol. The summed E-state index contributed by atoms with van der Waals surface area (Å²) in [6, 6.07) is 6.13. The highest BCUT2D eigenvalue weighted by molar-refractivity contribution is 5.85. The molecule has 4 nitrogen and oxygen atoms in total. The number of aromatic amines is 1. The van der Waals surface area contributed by atoms with Crippen LogP contribution >= 0.6 is 0 Å². The molecular formula is C16H20N2O2. The molecule has 2 aromatic rings. The lowest BCUT2D eigenvalue weighted by Gasteiger charge is -2.31. The number of likely N-dealkylation sites (tertiary alicyclic amines) is 1. The second kappa shape index (κ2) is 5.19. The van der Waals surface area contributed by atoms with Crippen molar-refractivity contribution in [2.75, 3.05) is 20.2 Å². The Kier molecular flexibility index (Phi) is 3.38. The van der Waals surface area contributed by atoms with Crippen LogP contribution in [0.2, 0.25) is 0 Å². The number of amides is 1. The Bertz CT molecular complexity index is 624. The van der Waals surface area contributed by atoms with Crippen molar-refractivity contribution in [1.29, 1.82) is 0 Å². The van der Waals surface area contributed by atoms with Crippen molar-refractivity contribution in [2.24, 2.45) is 0 Å². The van der Waals surface area contributed by atoms with Crippen LogP contribution in [0.5, 0.6) is 5.75 Å². The fraction of sp³-hybridized carbons (Fsp3) is 0.438. The summed E-state index contributed by atoms with van der Waals surface area (Å²) in [5.41, 5.74) is 2.50. The molecule has 2 heterocycles. The van der Waals surface area contributed by atoms with Gasteiger partial charge in [0.1, 0.15) is 5.75 Å². The quantitative estimate of drug-likeness (QED) is 0.913. The highest BCUT2D eigenvalue weighted by Gasteiger charge is 2.23. The highest BCUT2D eigenvalue weighted by atomic mass is 16.5. The number of piperidine rings is 1. The van der Waals surface area contributed by atoms with Gasteiger partial charge >= 0.3 is 0 Å². The molecule has 106 valence electrons. The molecule has 1 aliphatic heterocycles. The first-order valence-corrected chi connectivity index (χ1v) is 7.09. The second-order valence-corrected chi connectivity index (χ2v) is 5.44. The van der Waals surface area contributed by atoms with Crippen LogP contribution in [0.25, 0.3) is 10.9 Å². The van der Waals surface area contributed by atoms with E-state index in [-0.39, 0.29) is 5.91 Å². The molecule has 20 heavy (non-hydrogen) atoms. The summed E-state index contributed by atoms with van der Waals surface area (Å²) in [5.74, 6) is 1.59. The number of carbonyl (C=O) groups is 1. The van der Waals surface area contributed by atoms with E-state index in [9.17, 15) is 4.79 Å². The third-order valence-corrected chi connectivity index (χ3v) is 4.30. The van der Waals surface area contributed by atoms with Crippen LogP contribution in [0.15, 0.2) is 24.4 Å². The lowest BCUT2D eigenvalue weighted by molar-refractivity contribution is -0.129. The van der Waals surface area contributed by atoms with Crippen LogP contribution in [0, 0.1) is 0 Å². The van der Waals surface area contributed by atoms with Crippen molar-refractivity contribution in [3.8, 4) is 5.75 Å². The Morgan fingerprint density at radius 3 is 2.75 bits per heavy atom. The highest BCUT2D eigenvalue weighted by Crippen LogP contribution is 2.34. The molecular weight excluding hydrogens is 252 g/mol. The number of hydrogen-bond acceptors (Lipinski definition) is 2. The number of nitrogens with one attached hydrogen (secondary N) is 1. The minimum absolute atomic E-state index is 0.184. The van der Waals surface area contributed by atoms with Crippen molar-refractivity contribution in [3.63, 3.8) is 0 Å². The predicted octanol–water partition coefficient (Wildman–Crippen LogP) is 2.90. The molecule has 1 aromatic carbocycles. The van der Waals surface area contributed by atoms with Gasteiger partial charge in [0.05, 0.1) is 7.11 Å². The number of nitrogens with zero attached hydrogens (tertiary/aromatic N) is 1. The second-order valence-electron chi connectivity index (χ2n) is 5.44. The largest absolute Gasteiger partial charge is 0.497 e. The van der Waals surface area contributed by atoms with Crippen molar-refractivity contribution < 1.29 is 9.53 Å². The maximum absolute atomic E-state index is 11.4. The molecule has 1 aliphatic rings. The van der Waals surface area contributed by atoms with Crippen molar-refractivity contribution >= 4 is 16.8 Å². The van der Waals surface area contributed by atoms with Crippen LogP contribution in [-0.2, 0) is 4.79 Å². The summed E-state index contributed by atoms with van der Waals surface area (Å²) < 4.78 is 5.32. The normalized spacial score (nSPS) is 16.6. The minimum atomic E-state index is 0.184. The van der Waals surface area contributed by atoms with Gasteiger partial charge in [-0.25, -0.2) is 0 Å². The molecule has 1 N–H and O–H groups in total. The average Bonchev–Trinajstić information content (AvgIpc) is 2.90. The van der Waals surface area contributed by atoms with E-state index in [1.165, 1.54) is 10.9 Å². The molecule has 0 atom stereocenters. The summed E-state index contributed by atoms with van der Waals surface area (Å²) in [6.07, 6.45) is 4.17. The molecule has 0 unspecified atom stereocenters. The molecule has 0 spiro atoms. The van der Waals surface area contributed by atoms with Gasteiger partial charge in [0.25, 0.3) is 0 Å². The lowest BCUT2D eigenvalue weighted by atomic mass is 9.89. The SMILES string of the molecule is COc1ccc2[nH]cc(C3CCN(C(C)=O)CC3)c2c1. The van der Waals surface area contributed by atoms with Crippen molar-refractivity contribution in [2.45, 2.75) is 25.7 Å². The number of methoxy groups -OCH3 is 1. The summed E-state index contributed by atoms with van der Waals surface area (Å²) in [7, 11) is 1.69. The molecule has 0 saturated carbocycles. The molecule has 1 fully saturated rings. The zero-order chi connectivity index (χ0) is 14.1. The third kappa shape index (κ3) is 2.26. The van der Waals surface area contributed by atoms with Gasteiger partial charge in [0.2, 0.25) is 5.91 Å². The Labute approximate surface area is 118 Å². The fourth-order valence-corrected chi connectivity index (χ4v) is 3.09. The fourth-order valence-electron chi connectivity index (χ4n) is 3.09. The van der Waals surface area contributed by atoms with Gasteiger partial charge in [0.15, 0.2) is 0 Å². The summed E-state index contributed by atoms with van der Waals surface area (Å²) >= 11 is 0. The van der Waals surface area contributed by atoms with Gasteiger partial charge in [-0.15, -0.1) is 0 Å². The first-order valence-electron chi connectivity index (χ1n) is 7.09. The number of carbonyl (C=O) groups excluding carboxylic acids is 1. The number of benzene rings is 1. The van der Waals surface area contributed by atoms with Gasteiger partial charge in [0, 0.05) is 37.1 Å². The maximum Gasteiger partial charge on any atom is 0.219 e. The van der Waals surface area contributed by atoms with Gasteiger partial charge in [-0.2, -0.15) is 0 Å². The van der Waals surface area contributed by atoms with E-state index in [0.29, 0.717) is 5.92 Å². The molecule has 0 aliphatic carbocycles. The van der Waals surface area contributed by atoms with E-state index < -0.39 is 0 Å². The number of aromatic nitrogens is 1. The molecule has 1 amide bonds. The van der Waals surface area contributed by atoms with E-state index in [2.05, 4.69) is 23.3 Å². The van der Waals surface area contributed by atoms with Gasteiger partial charge in [-0.1, -0.05) is 0 Å². The van der Waals surface area contributed by atoms with Crippen LogP contribution in [-0.4, -0.2) is 36.0 Å². The topological polar surface area (TPSA) is 45.3 Å². The minimum Gasteiger partial charge on any atom is -0.497 e. The van der Waals surface area contributed by atoms with Crippen molar-refractivity contribution in [3.05, 3.63) is 30.0 Å². The third-order valence-electron chi connectivity index (χ3n) is 4.30. The van der Waals surface area contributed by atoms with E-state index in [1.54, 1.807) is 14.0 Å². The lowest BCUT2D eigenvalue weighted by Crippen LogP contribution is -2.36. The zero-order valence-electron chi connectivity index (χ0n) is 12.0. The number of ether oxygens (including phenoxy) is 1. The van der Waals surface area contributed by atoms with Gasteiger partial charge < -0.3 is 14.6 Å². The number of fused-ring (bicyclic) bond motifs is 1. The summed E-state index contributed by atoms with van der Waals surface area (Å²) in [6.45, 7) is 3.37. The Balaban J connectivity index is 1.86. The van der Waals surface area contributed by atoms with Crippen molar-refractivity contribution in [1.82, 2.24) is 9.88 Å². The molecule has 3 rings (SSSR count). The van der Waals surface area contributed by atoms with E-state index in [4.69, 9.17) is 4.74 Å². The van der Waals surface area contributed by atoms with Gasteiger partial charge in [-0.05, 0) is 42.5 Å². The first-order chi connectivity index (χ1) is 9.69. The maximum atomic E-state index is 11.4. The number of rotatable bonds is 2. The smallest absolute Gasteiger partial charge is 0.219 e. The zero-order valence-corrected chi connectivity index (χ0v) is 12.0. The standard InChI is InChI=1S/C16H20N2O2/c1-11(19)18-7-5-12(6-8-18)15-10-17-16-4-3-13(20-2)9-14(15)16/h3-4,9-10,12,17H,5-8H2,1-2H3. The van der Waals surface area contributed by atoms with E-state index >= 15 is 0 Å². The van der Waals surface area contributed by atoms with Crippen LogP contribution in [0.1, 0.15) is 31.2 Å². The Morgan fingerprint density at radius 2 is 2.10 bits per heavy atom. The molecule has 0 radical (unpaired) electrons. The molecule has 0 bridgehead atoms. The van der Waals surface area contributed by atoms with Gasteiger partial charge in [-0.3, -0.25) is 4.79 Å². The van der Waals surface area contributed by atoms with E-state index in [1.807, 2.05) is 11.0 Å². The monoisotopic (exact) mass is 272 g/mol. The molecule has 4 heteroatoms. The van der Waals surface area contributed by atoms with Crippen LogP contribution < -0.4 is 4.74 Å². The Hall–Kier alpha value is -1.97. The number of hydrogen-bond donors (Lipinski definition) is 1. The Morgan fingerprint density at radius 1 is 1.35 bits per heavy atom.